The summed E-state index contributed by atoms with van der Waals surface area (Å²) < 4.78 is 68.1. The minimum Gasteiger partial charge on any atom is -0.308 e. The van der Waals surface area contributed by atoms with E-state index in [1.165, 1.54) is 23.5 Å². The third-order valence-corrected chi connectivity index (χ3v) is 8.92. The second kappa shape index (κ2) is 9.86. The third-order valence-electron chi connectivity index (χ3n) is 5.02. The van der Waals surface area contributed by atoms with E-state index in [1.54, 1.807) is 19.9 Å². The Bertz CT molecular complexity index is 1100. The van der Waals surface area contributed by atoms with E-state index < -0.39 is 24.9 Å². The molecule has 0 spiro atoms. The van der Waals surface area contributed by atoms with Gasteiger partial charge in [-0.3, -0.25) is 4.57 Å². The molecule has 0 fully saturated rings. The largest absolute Gasteiger partial charge is 0.339 e. The fourth-order valence-electron chi connectivity index (χ4n) is 3.78. The second-order valence-corrected chi connectivity index (χ2v) is 10.8. The van der Waals surface area contributed by atoms with Gasteiger partial charge in [0.2, 0.25) is 0 Å². The molecule has 0 N–H and O–H groups in total. The molecule has 0 aliphatic rings. The highest BCUT2D eigenvalue weighted by molar-refractivity contribution is 7.54. The number of thiophene rings is 1. The number of benzene rings is 2. The van der Waals surface area contributed by atoms with Gasteiger partial charge in [0.25, 0.3) is 0 Å². The molecule has 0 saturated carbocycles. The van der Waals surface area contributed by atoms with E-state index in [4.69, 9.17) is 9.05 Å². The molecule has 1 heterocycles. The quantitative estimate of drug-likeness (QED) is 0.297. The number of halogens is 3. The van der Waals surface area contributed by atoms with Gasteiger partial charge in [0.05, 0.1) is 18.9 Å². The lowest BCUT2D eigenvalue weighted by molar-refractivity contribution is 0.212. The predicted molar refractivity (Wildman–Crippen MR) is 120 cm³/mol. The Balaban J connectivity index is 2.25. The Morgan fingerprint density at radius 2 is 1.65 bits per heavy atom. The summed E-state index contributed by atoms with van der Waals surface area (Å²) in [7, 11) is -3.71. The molecule has 8 heteroatoms. The maximum Gasteiger partial charge on any atom is 0.339 e. The van der Waals surface area contributed by atoms with E-state index in [0.717, 1.165) is 22.4 Å². The van der Waals surface area contributed by atoms with Gasteiger partial charge in [-0.1, -0.05) is 26.0 Å². The number of rotatable bonds is 9. The van der Waals surface area contributed by atoms with Crippen LogP contribution in [-0.4, -0.2) is 13.2 Å². The summed E-state index contributed by atoms with van der Waals surface area (Å²) in [5.41, 5.74) is 0.410. The van der Waals surface area contributed by atoms with Gasteiger partial charge in [-0.2, -0.15) is 0 Å². The molecule has 2 aromatic carbocycles. The molecule has 0 radical (unpaired) electrons. The average Bonchev–Trinajstić information content (AvgIpc) is 3.10. The molecule has 0 aliphatic carbocycles. The maximum atomic E-state index is 14.8. The number of hydrogen-bond donors (Lipinski definition) is 0. The molecule has 3 rings (SSSR count). The van der Waals surface area contributed by atoms with E-state index in [2.05, 4.69) is 0 Å². The first-order chi connectivity index (χ1) is 14.7. The Labute approximate surface area is 184 Å². The van der Waals surface area contributed by atoms with Crippen LogP contribution in [0.2, 0.25) is 0 Å². The van der Waals surface area contributed by atoms with Crippen molar-refractivity contribution in [3.8, 4) is 0 Å². The first kappa shape index (κ1) is 24.0. The van der Waals surface area contributed by atoms with Gasteiger partial charge >= 0.3 is 7.60 Å². The van der Waals surface area contributed by atoms with Crippen molar-refractivity contribution in [3.05, 3.63) is 69.9 Å². The van der Waals surface area contributed by atoms with Gasteiger partial charge in [0, 0.05) is 15.0 Å². The van der Waals surface area contributed by atoms with E-state index in [-0.39, 0.29) is 31.4 Å². The Morgan fingerprint density at radius 1 is 0.968 bits per heavy atom. The van der Waals surface area contributed by atoms with Crippen molar-refractivity contribution < 1.29 is 26.8 Å². The summed E-state index contributed by atoms with van der Waals surface area (Å²) in [5.74, 6) is -2.35. The summed E-state index contributed by atoms with van der Waals surface area (Å²) in [6.45, 7) is 7.63. The molecule has 3 aromatic rings. The van der Waals surface area contributed by atoms with Crippen LogP contribution in [0.25, 0.3) is 10.1 Å². The Kier molecular flexibility index (Phi) is 7.63. The van der Waals surface area contributed by atoms with Gasteiger partial charge < -0.3 is 9.05 Å². The third kappa shape index (κ3) is 4.90. The zero-order chi connectivity index (χ0) is 22.8. The zero-order valence-corrected chi connectivity index (χ0v) is 19.7. The molecule has 31 heavy (non-hydrogen) atoms. The smallest absolute Gasteiger partial charge is 0.308 e. The Morgan fingerprint density at radius 3 is 2.23 bits per heavy atom. The first-order valence-corrected chi connectivity index (χ1v) is 12.7. The predicted octanol–water partition coefficient (Wildman–Crippen LogP) is 7.99. The summed E-state index contributed by atoms with van der Waals surface area (Å²) in [4.78, 5) is 0.685. The van der Waals surface area contributed by atoms with E-state index >= 15 is 0 Å². The van der Waals surface area contributed by atoms with Crippen LogP contribution in [0.5, 0.6) is 0 Å². The molecule has 0 saturated heterocycles. The van der Waals surface area contributed by atoms with Crippen LogP contribution in [0.15, 0.2) is 36.4 Å². The molecule has 1 aromatic heterocycles. The fourth-order valence-corrected chi connectivity index (χ4v) is 7.70. The lowest BCUT2D eigenvalue weighted by Crippen LogP contribution is -2.11. The van der Waals surface area contributed by atoms with Crippen LogP contribution in [0, 0.1) is 17.5 Å². The van der Waals surface area contributed by atoms with Crippen LogP contribution >= 0.6 is 18.9 Å². The van der Waals surface area contributed by atoms with Crippen LogP contribution in [0.1, 0.15) is 55.3 Å². The van der Waals surface area contributed by atoms with E-state index in [9.17, 15) is 17.7 Å². The highest BCUT2D eigenvalue weighted by atomic mass is 32.1. The second-order valence-electron chi connectivity index (χ2n) is 7.49. The molecule has 1 atom stereocenters. The topological polar surface area (TPSA) is 35.5 Å². The summed E-state index contributed by atoms with van der Waals surface area (Å²) in [6, 6.07) is 8.45. The van der Waals surface area contributed by atoms with Crippen molar-refractivity contribution >= 4 is 29.0 Å². The van der Waals surface area contributed by atoms with Crippen molar-refractivity contribution in [3.63, 3.8) is 0 Å². The van der Waals surface area contributed by atoms with Gasteiger partial charge in [-0.15, -0.1) is 11.3 Å². The summed E-state index contributed by atoms with van der Waals surface area (Å²) in [6.07, 6.45) is 0.0998. The molecule has 0 aliphatic heterocycles. The molecular formula is C23H26F3O3PS. The summed E-state index contributed by atoms with van der Waals surface area (Å²) >= 11 is 1.34. The number of hydrogen-bond acceptors (Lipinski definition) is 4. The van der Waals surface area contributed by atoms with Gasteiger partial charge in [-0.05, 0) is 61.6 Å². The van der Waals surface area contributed by atoms with E-state index in [0.29, 0.717) is 15.8 Å². The van der Waals surface area contributed by atoms with Gasteiger partial charge in [0.1, 0.15) is 5.82 Å². The molecule has 168 valence electrons. The molecule has 0 amide bonds. The Hall–Kier alpha value is -1.66. The van der Waals surface area contributed by atoms with Crippen LogP contribution in [0.4, 0.5) is 13.2 Å². The normalized spacial score (nSPS) is 13.3. The van der Waals surface area contributed by atoms with Crippen molar-refractivity contribution in [1.82, 2.24) is 0 Å². The minimum absolute atomic E-state index is 0.0650. The highest BCUT2D eigenvalue weighted by Crippen LogP contribution is 2.64. The van der Waals surface area contributed by atoms with Crippen LogP contribution in [0.3, 0.4) is 0 Å². The maximum absolute atomic E-state index is 14.8. The standard InChI is InChI=1S/C23H26F3O3PS/c1-5-28-30(27,29-6-2)19(13-15-10-11-16(24)18(26)12-15)23-21(14(3)4)22-17(25)8-7-9-20(22)31-23/h7-12,14,19H,5-6,13H2,1-4H3. The molecule has 0 bridgehead atoms. The number of fused-ring (bicyclic) bond motifs is 1. The van der Waals surface area contributed by atoms with Crippen molar-refractivity contribution in [2.45, 2.75) is 45.7 Å². The van der Waals surface area contributed by atoms with Crippen molar-refractivity contribution in [2.75, 3.05) is 13.2 Å². The zero-order valence-electron chi connectivity index (χ0n) is 18.0. The van der Waals surface area contributed by atoms with E-state index in [1.807, 2.05) is 19.9 Å². The monoisotopic (exact) mass is 470 g/mol. The average molecular weight is 470 g/mol. The van der Waals surface area contributed by atoms with Gasteiger partial charge in [0.15, 0.2) is 11.6 Å². The first-order valence-electron chi connectivity index (χ1n) is 10.2. The fraction of sp³-hybridized carbons (Fsp3) is 0.391. The minimum atomic E-state index is -3.71. The van der Waals surface area contributed by atoms with Crippen molar-refractivity contribution in [2.24, 2.45) is 0 Å². The van der Waals surface area contributed by atoms with Crippen LogP contribution in [-0.2, 0) is 20.0 Å². The molecular weight excluding hydrogens is 444 g/mol. The van der Waals surface area contributed by atoms with Gasteiger partial charge in [-0.25, -0.2) is 13.2 Å². The molecule has 1 unspecified atom stereocenters. The van der Waals surface area contributed by atoms with Crippen molar-refractivity contribution in [1.29, 1.82) is 0 Å². The SMILES string of the molecule is CCOP(=O)(OCC)C(Cc1ccc(F)c(F)c1)c1sc2cccc(F)c2c1C(C)C. The lowest BCUT2D eigenvalue weighted by Gasteiger charge is -2.27. The molecule has 3 nitrogen and oxygen atoms in total. The summed E-state index contributed by atoms with van der Waals surface area (Å²) in [5, 5.41) is 0.493. The lowest BCUT2D eigenvalue weighted by atomic mass is 9.96. The highest BCUT2D eigenvalue weighted by Gasteiger charge is 2.40. The van der Waals surface area contributed by atoms with Crippen LogP contribution < -0.4 is 0 Å².